The fraction of sp³-hybridized carbons (Fsp3) is 0.182. The van der Waals surface area contributed by atoms with Crippen molar-refractivity contribution in [2.45, 2.75) is 19.4 Å². The maximum Gasteiger partial charge on any atom is 0.259 e. The minimum absolute atomic E-state index is 0.0647. The third kappa shape index (κ3) is 2.91. The third-order valence-electron chi connectivity index (χ3n) is 5.41. The smallest absolute Gasteiger partial charge is 0.259 e. The van der Waals surface area contributed by atoms with Crippen molar-refractivity contribution in [3.05, 3.63) is 70.1 Å². The summed E-state index contributed by atoms with van der Waals surface area (Å²) in [5.74, 6) is -3.25. The molecule has 31 heavy (non-hydrogen) atoms. The molecular formula is C22H16F2N4O2S. The number of halogens is 2. The van der Waals surface area contributed by atoms with Crippen molar-refractivity contribution < 1.29 is 13.6 Å². The average Bonchev–Trinajstić information content (AvgIpc) is 2.91. The number of hydrogen-bond donors (Lipinski definition) is 0. The van der Waals surface area contributed by atoms with Crippen LogP contribution in [0, 0.1) is 23.0 Å². The van der Waals surface area contributed by atoms with E-state index < -0.39 is 28.6 Å². The molecule has 0 radical (unpaired) electrons. The standard InChI is InChI=1S/C22H16F2N4O2S/c1-22(2)20(30)27(16-7-5-13(11-25)17(23)18(16)24)21(31)28(22)14-6-4-12-8-9-26(3)19(29)15(12)10-14/h4-10H,1-3H3. The maximum absolute atomic E-state index is 14.7. The lowest BCUT2D eigenvalue weighted by Crippen LogP contribution is -2.44. The Morgan fingerprint density at radius 2 is 1.77 bits per heavy atom. The van der Waals surface area contributed by atoms with Gasteiger partial charge in [-0.25, -0.2) is 8.78 Å². The Hall–Kier alpha value is -3.64. The van der Waals surface area contributed by atoms with Crippen molar-refractivity contribution in [3.8, 4) is 6.07 Å². The van der Waals surface area contributed by atoms with Crippen LogP contribution in [0.5, 0.6) is 0 Å². The van der Waals surface area contributed by atoms with Gasteiger partial charge in [-0.3, -0.25) is 14.5 Å². The minimum Gasteiger partial charge on any atom is -0.318 e. The highest BCUT2D eigenvalue weighted by Crippen LogP contribution is 2.38. The fourth-order valence-corrected chi connectivity index (χ4v) is 4.22. The molecular weight excluding hydrogens is 422 g/mol. The summed E-state index contributed by atoms with van der Waals surface area (Å²) in [5.41, 5.74) is -1.83. The molecule has 0 saturated carbocycles. The number of aromatic nitrogens is 1. The van der Waals surface area contributed by atoms with Crippen LogP contribution in [0.4, 0.5) is 20.2 Å². The van der Waals surface area contributed by atoms with Crippen LogP contribution in [-0.2, 0) is 11.8 Å². The number of carbonyl (C=O) groups excluding carboxylic acids is 1. The van der Waals surface area contributed by atoms with Crippen LogP contribution in [0.1, 0.15) is 19.4 Å². The van der Waals surface area contributed by atoms with E-state index in [-0.39, 0.29) is 16.4 Å². The lowest BCUT2D eigenvalue weighted by atomic mass is 10.0. The largest absolute Gasteiger partial charge is 0.318 e. The number of pyridine rings is 1. The topological polar surface area (TPSA) is 69.3 Å². The summed E-state index contributed by atoms with van der Waals surface area (Å²) in [6, 6.07) is 10.7. The molecule has 1 amide bonds. The van der Waals surface area contributed by atoms with Gasteiger partial charge in [0.25, 0.3) is 11.5 Å². The van der Waals surface area contributed by atoms with Crippen molar-refractivity contribution in [1.82, 2.24) is 4.57 Å². The maximum atomic E-state index is 14.7. The molecule has 156 valence electrons. The van der Waals surface area contributed by atoms with E-state index in [0.29, 0.717) is 11.1 Å². The van der Waals surface area contributed by atoms with Crippen LogP contribution in [0.2, 0.25) is 0 Å². The summed E-state index contributed by atoms with van der Waals surface area (Å²) in [6.07, 6.45) is 1.66. The van der Waals surface area contributed by atoms with Gasteiger partial charge in [0.1, 0.15) is 11.6 Å². The van der Waals surface area contributed by atoms with Gasteiger partial charge in [0.05, 0.1) is 11.3 Å². The zero-order valence-corrected chi connectivity index (χ0v) is 17.6. The van der Waals surface area contributed by atoms with Crippen LogP contribution in [0.15, 0.2) is 47.4 Å². The minimum atomic E-state index is -1.35. The van der Waals surface area contributed by atoms with E-state index in [1.165, 1.54) is 9.47 Å². The van der Waals surface area contributed by atoms with Gasteiger partial charge in [-0.2, -0.15) is 5.26 Å². The number of benzene rings is 2. The first-order valence-electron chi connectivity index (χ1n) is 9.26. The number of aryl methyl sites for hydroxylation is 1. The molecule has 2 heterocycles. The summed E-state index contributed by atoms with van der Waals surface area (Å²) in [7, 11) is 1.63. The molecule has 6 nitrogen and oxygen atoms in total. The van der Waals surface area contributed by atoms with Crippen molar-refractivity contribution in [1.29, 1.82) is 5.26 Å². The molecule has 2 aromatic carbocycles. The molecule has 1 aliphatic heterocycles. The Morgan fingerprint density at radius 1 is 1.06 bits per heavy atom. The van der Waals surface area contributed by atoms with Gasteiger partial charge in [0.2, 0.25) is 0 Å². The zero-order chi connectivity index (χ0) is 22.7. The van der Waals surface area contributed by atoms with Crippen molar-refractivity contribution in [2.24, 2.45) is 7.05 Å². The predicted molar refractivity (Wildman–Crippen MR) is 117 cm³/mol. The van der Waals surface area contributed by atoms with Crippen LogP contribution in [0.3, 0.4) is 0 Å². The number of amides is 1. The van der Waals surface area contributed by atoms with E-state index in [9.17, 15) is 18.4 Å². The van der Waals surface area contributed by atoms with E-state index >= 15 is 0 Å². The first-order valence-corrected chi connectivity index (χ1v) is 9.66. The Morgan fingerprint density at radius 3 is 2.45 bits per heavy atom. The zero-order valence-electron chi connectivity index (χ0n) is 16.8. The molecule has 0 N–H and O–H groups in total. The Balaban J connectivity index is 1.87. The third-order valence-corrected chi connectivity index (χ3v) is 5.78. The lowest BCUT2D eigenvalue weighted by Gasteiger charge is -2.29. The normalized spacial score (nSPS) is 15.6. The van der Waals surface area contributed by atoms with E-state index in [0.717, 1.165) is 22.4 Å². The summed E-state index contributed by atoms with van der Waals surface area (Å²) in [5, 5.41) is 10.00. The molecule has 0 unspecified atom stereocenters. The van der Waals surface area contributed by atoms with Gasteiger partial charge in [-0.1, -0.05) is 6.07 Å². The SMILES string of the molecule is Cn1ccc2ccc(N3C(=S)N(c4ccc(C#N)c(F)c4F)C(=O)C3(C)C)cc2c1=O. The predicted octanol–water partition coefficient (Wildman–Crippen LogP) is 3.61. The second-order valence-electron chi connectivity index (χ2n) is 7.69. The van der Waals surface area contributed by atoms with E-state index in [4.69, 9.17) is 17.5 Å². The van der Waals surface area contributed by atoms with Crippen LogP contribution < -0.4 is 15.4 Å². The molecule has 1 saturated heterocycles. The molecule has 1 aliphatic rings. The second-order valence-corrected chi connectivity index (χ2v) is 8.06. The number of carbonyl (C=O) groups is 1. The molecule has 0 atom stereocenters. The molecule has 0 aliphatic carbocycles. The number of fused-ring (bicyclic) bond motifs is 1. The van der Waals surface area contributed by atoms with Gasteiger partial charge in [-0.05, 0) is 61.8 Å². The van der Waals surface area contributed by atoms with Crippen molar-refractivity contribution >= 4 is 45.4 Å². The number of rotatable bonds is 2. The summed E-state index contributed by atoms with van der Waals surface area (Å²) < 4.78 is 30.3. The van der Waals surface area contributed by atoms with Crippen LogP contribution in [0.25, 0.3) is 10.8 Å². The molecule has 1 fully saturated rings. The Labute approximate surface area is 181 Å². The Kier molecular flexibility index (Phi) is 4.63. The van der Waals surface area contributed by atoms with Crippen molar-refractivity contribution in [3.63, 3.8) is 0 Å². The highest BCUT2D eigenvalue weighted by Gasteiger charge is 2.51. The Bertz CT molecular complexity index is 1390. The number of nitriles is 1. The highest BCUT2D eigenvalue weighted by atomic mass is 32.1. The molecule has 3 aromatic rings. The number of hydrogen-bond acceptors (Lipinski definition) is 4. The summed E-state index contributed by atoms with van der Waals surface area (Å²) >= 11 is 5.49. The monoisotopic (exact) mass is 438 g/mol. The molecule has 9 heteroatoms. The molecule has 4 rings (SSSR count). The van der Waals surface area contributed by atoms with E-state index in [1.807, 2.05) is 0 Å². The van der Waals surface area contributed by atoms with Gasteiger partial charge >= 0.3 is 0 Å². The molecule has 1 aromatic heterocycles. The average molecular weight is 438 g/mol. The second kappa shape index (κ2) is 6.96. The summed E-state index contributed by atoms with van der Waals surface area (Å²) in [4.78, 5) is 28.2. The van der Waals surface area contributed by atoms with E-state index in [1.54, 1.807) is 57.4 Å². The first kappa shape index (κ1) is 20.6. The summed E-state index contributed by atoms with van der Waals surface area (Å²) in [6.45, 7) is 3.21. The van der Waals surface area contributed by atoms with E-state index in [2.05, 4.69) is 0 Å². The van der Waals surface area contributed by atoms with Gasteiger partial charge in [-0.15, -0.1) is 0 Å². The number of nitrogens with zero attached hydrogens (tertiary/aromatic N) is 4. The van der Waals surface area contributed by atoms with Crippen LogP contribution in [-0.4, -0.2) is 21.1 Å². The molecule has 0 spiro atoms. The number of thiocarbonyl (C=S) groups is 1. The van der Waals surface area contributed by atoms with Gasteiger partial charge in [0.15, 0.2) is 16.7 Å². The fourth-order valence-electron chi connectivity index (χ4n) is 3.70. The number of anilines is 2. The van der Waals surface area contributed by atoms with Gasteiger partial charge < -0.3 is 9.47 Å². The van der Waals surface area contributed by atoms with Gasteiger partial charge in [0, 0.05) is 24.3 Å². The first-order chi connectivity index (χ1) is 14.6. The lowest BCUT2D eigenvalue weighted by molar-refractivity contribution is -0.120. The molecule has 0 bridgehead atoms. The quantitative estimate of drug-likeness (QED) is 0.572. The highest BCUT2D eigenvalue weighted by molar-refractivity contribution is 7.81. The van der Waals surface area contributed by atoms with Crippen molar-refractivity contribution in [2.75, 3.05) is 9.80 Å². The van der Waals surface area contributed by atoms with Crippen LogP contribution >= 0.6 is 12.2 Å².